The maximum absolute atomic E-state index is 5.24. The highest BCUT2D eigenvalue weighted by atomic mass is 32.2. The number of hydrogen-bond donors (Lipinski definition) is 1. The van der Waals surface area contributed by atoms with E-state index >= 15 is 0 Å². The number of methoxy groups -OCH3 is 1. The van der Waals surface area contributed by atoms with E-state index in [9.17, 15) is 0 Å². The zero-order valence-corrected chi connectivity index (χ0v) is 11.9. The van der Waals surface area contributed by atoms with Crippen LogP contribution in [0.1, 0.15) is 24.7 Å². The Morgan fingerprint density at radius 2 is 2.24 bits per heavy atom. The van der Waals surface area contributed by atoms with Crippen molar-refractivity contribution in [2.24, 2.45) is 0 Å². The largest absolute Gasteiger partial charge is 0.497 e. The van der Waals surface area contributed by atoms with Crippen molar-refractivity contribution in [2.75, 3.05) is 19.1 Å². The molecule has 0 aliphatic heterocycles. The first-order valence-corrected chi connectivity index (χ1v) is 7.29. The number of rotatable bonds is 7. The molecule has 1 atom stereocenters. The Kier molecular flexibility index (Phi) is 6.37. The molecule has 1 unspecified atom stereocenters. The predicted octanol–water partition coefficient (Wildman–Crippen LogP) is 2.63. The number of hydrogen-bond acceptors (Lipinski definition) is 4. The molecular formula is C13H22N2OS. The lowest BCUT2D eigenvalue weighted by Crippen LogP contribution is -2.26. The van der Waals surface area contributed by atoms with Crippen LogP contribution in [0.3, 0.4) is 0 Å². The summed E-state index contributed by atoms with van der Waals surface area (Å²) in [5.41, 5.74) is 2.04. The summed E-state index contributed by atoms with van der Waals surface area (Å²) >= 11 is 1.88. The van der Waals surface area contributed by atoms with E-state index in [1.807, 2.05) is 30.8 Å². The molecule has 1 rings (SSSR count). The monoisotopic (exact) mass is 254 g/mol. The molecular weight excluding hydrogens is 232 g/mol. The fourth-order valence-corrected chi connectivity index (χ4v) is 2.18. The molecule has 1 N–H and O–H groups in total. The van der Waals surface area contributed by atoms with Gasteiger partial charge in [0.2, 0.25) is 0 Å². The highest BCUT2D eigenvalue weighted by molar-refractivity contribution is 7.98. The SMILES string of the molecule is COc1cc(C)nc(CNC(C)CCSC)c1. The van der Waals surface area contributed by atoms with E-state index in [1.165, 1.54) is 12.2 Å². The van der Waals surface area contributed by atoms with E-state index in [4.69, 9.17) is 4.74 Å². The number of thioether (sulfide) groups is 1. The van der Waals surface area contributed by atoms with Gasteiger partial charge in [0.25, 0.3) is 0 Å². The van der Waals surface area contributed by atoms with Gasteiger partial charge in [0.15, 0.2) is 0 Å². The van der Waals surface area contributed by atoms with Crippen LogP contribution in [0, 0.1) is 6.92 Å². The molecule has 3 nitrogen and oxygen atoms in total. The Hall–Kier alpha value is -0.740. The second-order valence-electron chi connectivity index (χ2n) is 4.20. The van der Waals surface area contributed by atoms with Crippen molar-refractivity contribution in [1.29, 1.82) is 0 Å². The lowest BCUT2D eigenvalue weighted by atomic mass is 10.2. The minimum Gasteiger partial charge on any atom is -0.497 e. The molecule has 0 aromatic carbocycles. The molecule has 0 aliphatic rings. The summed E-state index contributed by atoms with van der Waals surface area (Å²) in [6.07, 6.45) is 3.32. The Morgan fingerprint density at radius 3 is 2.88 bits per heavy atom. The topological polar surface area (TPSA) is 34.1 Å². The van der Waals surface area contributed by atoms with Gasteiger partial charge in [-0.2, -0.15) is 11.8 Å². The zero-order chi connectivity index (χ0) is 12.7. The molecule has 17 heavy (non-hydrogen) atoms. The molecule has 0 spiro atoms. The van der Waals surface area contributed by atoms with Gasteiger partial charge in [0, 0.05) is 30.4 Å². The summed E-state index contributed by atoms with van der Waals surface area (Å²) in [5.74, 6) is 2.07. The van der Waals surface area contributed by atoms with Crippen molar-refractivity contribution in [3.05, 3.63) is 23.5 Å². The summed E-state index contributed by atoms with van der Waals surface area (Å²) in [6, 6.07) is 4.46. The minimum atomic E-state index is 0.524. The maximum atomic E-state index is 5.24. The molecule has 0 saturated carbocycles. The third-order valence-corrected chi connectivity index (χ3v) is 3.25. The second kappa shape index (κ2) is 7.56. The molecule has 0 radical (unpaired) electrons. The van der Waals surface area contributed by atoms with Gasteiger partial charge in [-0.15, -0.1) is 0 Å². The van der Waals surface area contributed by atoms with Crippen molar-refractivity contribution in [3.63, 3.8) is 0 Å². The van der Waals surface area contributed by atoms with Gasteiger partial charge < -0.3 is 10.1 Å². The first-order chi connectivity index (χ1) is 8.15. The van der Waals surface area contributed by atoms with Crippen LogP contribution in [-0.2, 0) is 6.54 Å². The normalized spacial score (nSPS) is 12.5. The van der Waals surface area contributed by atoms with E-state index in [2.05, 4.69) is 23.5 Å². The van der Waals surface area contributed by atoms with E-state index in [-0.39, 0.29) is 0 Å². The quantitative estimate of drug-likeness (QED) is 0.811. The van der Waals surface area contributed by atoms with Gasteiger partial charge in [-0.3, -0.25) is 4.98 Å². The van der Waals surface area contributed by atoms with Crippen LogP contribution in [0.4, 0.5) is 0 Å². The summed E-state index contributed by atoms with van der Waals surface area (Å²) in [7, 11) is 1.69. The predicted molar refractivity (Wildman–Crippen MR) is 74.8 cm³/mol. The average molecular weight is 254 g/mol. The van der Waals surface area contributed by atoms with Crippen molar-refractivity contribution < 1.29 is 4.74 Å². The van der Waals surface area contributed by atoms with Crippen LogP contribution in [-0.4, -0.2) is 30.1 Å². The third-order valence-electron chi connectivity index (χ3n) is 2.60. The lowest BCUT2D eigenvalue weighted by Gasteiger charge is -2.13. The van der Waals surface area contributed by atoms with Gasteiger partial charge in [0.1, 0.15) is 5.75 Å². The van der Waals surface area contributed by atoms with Gasteiger partial charge in [-0.1, -0.05) is 0 Å². The third kappa shape index (κ3) is 5.41. The van der Waals surface area contributed by atoms with Gasteiger partial charge in [0.05, 0.1) is 12.8 Å². The molecule has 1 aromatic rings. The van der Waals surface area contributed by atoms with E-state index in [0.29, 0.717) is 6.04 Å². The molecule has 96 valence electrons. The molecule has 0 aliphatic carbocycles. The van der Waals surface area contributed by atoms with Crippen LogP contribution in [0.15, 0.2) is 12.1 Å². The van der Waals surface area contributed by atoms with Crippen molar-refractivity contribution in [1.82, 2.24) is 10.3 Å². The molecule has 1 aromatic heterocycles. The highest BCUT2D eigenvalue weighted by Crippen LogP contribution is 2.13. The molecule has 0 amide bonds. The summed E-state index contributed by atoms with van der Waals surface area (Å²) < 4.78 is 5.24. The van der Waals surface area contributed by atoms with Gasteiger partial charge in [-0.25, -0.2) is 0 Å². The van der Waals surface area contributed by atoms with E-state index < -0.39 is 0 Å². The number of nitrogens with one attached hydrogen (secondary N) is 1. The number of ether oxygens (including phenoxy) is 1. The van der Waals surface area contributed by atoms with E-state index in [0.717, 1.165) is 23.7 Å². The zero-order valence-electron chi connectivity index (χ0n) is 11.1. The Bertz CT molecular complexity index is 344. The fraction of sp³-hybridized carbons (Fsp3) is 0.615. The first kappa shape index (κ1) is 14.3. The van der Waals surface area contributed by atoms with Crippen LogP contribution < -0.4 is 10.1 Å². The van der Waals surface area contributed by atoms with Gasteiger partial charge >= 0.3 is 0 Å². The standard InChI is InChI=1S/C13H22N2OS/c1-10(5-6-17-4)14-9-12-8-13(16-3)7-11(2)15-12/h7-8,10,14H,5-6,9H2,1-4H3. The minimum absolute atomic E-state index is 0.524. The summed E-state index contributed by atoms with van der Waals surface area (Å²) in [5, 5.41) is 3.48. The Labute approximate surface area is 108 Å². The second-order valence-corrected chi connectivity index (χ2v) is 5.19. The number of aryl methyl sites for hydroxylation is 1. The lowest BCUT2D eigenvalue weighted by molar-refractivity contribution is 0.412. The smallest absolute Gasteiger partial charge is 0.122 e. The van der Waals surface area contributed by atoms with Gasteiger partial charge in [-0.05, 0) is 32.3 Å². The van der Waals surface area contributed by atoms with Crippen molar-refractivity contribution in [2.45, 2.75) is 32.9 Å². The highest BCUT2D eigenvalue weighted by Gasteiger charge is 2.04. The van der Waals surface area contributed by atoms with E-state index in [1.54, 1.807) is 7.11 Å². The molecule has 1 heterocycles. The average Bonchev–Trinajstić information content (AvgIpc) is 2.33. The van der Waals surface area contributed by atoms with Crippen molar-refractivity contribution in [3.8, 4) is 5.75 Å². The first-order valence-electron chi connectivity index (χ1n) is 5.89. The molecule has 4 heteroatoms. The summed E-state index contributed by atoms with van der Waals surface area (Å²) in [4.78, 5) is 4.49. The van der Waals surface area contributed by atoms with Crippen LogP contribution >= 0.6 is 11.8 Å². The summed E-state index contributed by atoms with van der Waals surface area (Å²) in [6.45, 7) is 5.00. The number of pyridine rings is 1. The van der Waals surface area contributed by atoms with Crippen LogP contribution in [0.25, 0.3) is 0 Å². The Balaban J connectivity index is 2.48. The maximum Gasteiger partial charge on any atom is 0.122 e. The Morgan fingerprint density at radius 1 is 1.47 bits per heavy atom. The molecule has 0 saturated heterocycles. The molecule has 0 bridgehead atoms. The molecule has 0 fully saturated rings. The number of nitrogens with zero attached hydrogens (tertiary/aromatic N) is 1. The fourth-order valence-electron chi connectivity index (χ4n) is 1.59. The van der Waals surface area contributed by atoms with Crippen LogP contribution in [0.5, 0.6) is 5.75 Å². The van der Waals surface area contributed by atoms with Crippen LogP contribution in [0.2, 0.25) is 0 Å². The number of aromatic nitrogens is 1. The van der Waals surface area contributed by atoms with Crippen molar-refractivity contribution >= 4 is 11.8 Å².